The van der Waals surface area contributed by atoms with Crippen molar-refractivity contribution in [2.75, 3.05) is 13.2 Å². The molecule has 0 saturated carbocycles. The smallest absolute Gasteiger partial charge is 0.312 e. The van der Waals surface area contributed by atoms with E-state index >= 15 is 0 Å². The molecule has 2 aromatic rings. The Morgan fingerprint density at radius 3 is 2.65 bits per heavy atom. The highest BCUT2D eigenvalue weighted by atomic mass is 16.5. The number of nitrogens with zero attached hydrogens (tertiary/aromatic N) is 1. The van der Waals surface area contributed by atoms with Crippen LogP contribution in [0.5, 0.6) is 5.75 Å². The van der Waals surface area contributed by atoms with E-state index in [-0.39, 0.29) is 12.5 Å². The van der Waals surface area contributed by atoms with Gasteiger partial charge in [-0.05, 0) is 36.1 Å². The molecule has 5 heteroatoms. The van der Waals surface area contributed by atoms with E-state index in [2.05, 4.69) is 0 Å². The van der Waals surface area contributed by atoms with E-state index in [4.69, 9.17) is 4.74 Å². The van der Waals surface area contributed by atoms with Gasteiger partial charge in [-0.1, -0.05) is 42.5 Å². The predicted molar refractivity (Wildman–Crippen MR) is 98.1 cm³/mol. The molecule has 26 heavy (non-hydrogen) atoms. The first-order chi connectivity index (χ1) is 12.6. The molecule has 0 aromatic heterocycles. The molecule has 1 aliphatic rings. The van der Waals surface area contributed by atoms with Crippen molar-refractivity contribution in [3.63, 3.8) is 0 Å². The van der Waals surface area contributed by atoms with Gasteiger partial charge in [-0.2, -0.15) is 0 Å². The van der Waals surface area contributed by atoms with Crippen molar-refractivity contribution in [2.45, 2.75) is 32.2 Å². The number of hydrogen-bond donors (Lipinski definition) is 1. The summed E-state index contributed by atoms with van der Waals surface area (Å²) in [6.45, 7) is 3.14. The second-order valence-electron chi connectivity index (χ2n) is 6.58. The molecule has 1 unspecified atom stereocenters. The lowest BCUT2D eigenvalue weighted by Gasteiger charge is -2.33. The van der Waals surface area contributed by atoms with Crippen LogP contribution < -0.4 is 4.74 Å². The van der Waals surface area contributed by atoms with Crippen molar-refractivity contribution in [1.82, 2.24) is 4.90 Å². The highest BCUT2D eigenvalue weighted by molar-refractivity contribution is 5.81. The van der Waals surface area contributed by atoms with E-state index in [1.165, 1.54) is 0 Å². The first-order valence-corrected chi connectivity index (χ1v) is 8.83. The van der Waals surface area contributed by atoms with Crippen LogP contribution >= 0.6 is 0 Å². The van der Waals surface area contributed by atoms with E-state index < -0.39 is 11.9 Å². The Morgan fingerprint density at radius 1 is 1.15 bits per heavy atom. The van der Waals surface area contributed by atoms with Crippen LogP contribution in [0.4, 0.5) is 0 Å². The van der Waals surface area contributed by atoms with Gasteiger partial charge in [0, 0.05) is 19.5 Å². The molecule has 3 rings (SSSR count). The quantitative estimate of drug-likeness (QED) is 0.809. The third-order valence-corrected chi connectivity index (χ3v) is 4.73. The lowest BCUT2D eigenvalue weighted by molar-refractivity contribution is -0.141. The first-order valence-electron chi connectivity index (χ1n) is 8.83. The summed E-state index contributed by atoms with van der Waals surface area (Å²) in [7, 11) is 0. The number of aryl methyl sites for hydroxylation is 1. The van der Waals surface area contributed by atoms with Crippen LogP contribution in [0.1, 0.15) is 35.4 Å². The van der Waals surface area contributed by atoms with Crippen LogP contribution in [-0.4, -0.2) is 35.0 Å². The molecular formula is C21H23NO4. The molecular weight excluding hydrogens is 330 g/mol. The van der Waals surface area contributed by atoms with Gasteiger partial charge >= 0.3 is 5.97 Å². The van der Waals surface area contributed by atoms with Crippen molar-refractivity contribution < 1.29 is 19.4 Å². The lowest BCUT2D eigenvalue weighted by atomic mass is 9.89. The second kappa shape index (κ2) is 8.04. The number of carboxylic acid groups (broad SMARTS) is 1. The van der Waals surface area contributed by atoms with Gasteiger partial charge in [-0.25, -0.2) is 0 Å². The average molecular weight is 353 g/mol. The second-order valence-corrected chi connectivity index (χ2v) is 6.58. The minimum atomic E-state index is -0.891. The van der Waals surface area contributed by atoms with Crippen LogP contribution in [0, 0.1) is 6.92 Å². The number of carbonyl (C=O) groups is 2. The van der Waals surface area contributed by atoms with Crippen molar-refractivity contribution in [3.8, 4) is 5.75 Å². The molecule has 1 heterocycles. The maximum atomic E-state index is 12.5. The minimum absolute atomic E-state index is 0.0286. The molecule has 0 spiro atoms. The fraction of sp³-hybridized carbons (Fsp3) is 0.333. The Bertz CT molecular complexity index is 802. The monoisotopic (exact) mass is 353 g/mol. The first kappa shape index (κ1) is 18.0. The molecule has 0 aliphatic carbocycles. The van der Waals surface area contributed by atoms with Gasteiger partial charge in [0.2, 0.25) is 5.91 Å². The van der Waals surface area contributed by atoms with Crippen LogP contribution in [0.3, 0.4) is 0 Å². The van der Waals surface area contributed by atoms with Crippen molar-refractivity contribution in [1.29, 1.82) is 0 Å². The molecule has 0 saturated heterocycles. The molecule has 0 fully saturated rings. The highest BCUT2D eigenvalue weighted by Gasteiger charge is 2.31. The number of carbonyl (C=O) groups excluding carboxylic acids is 1. The maximum Gasteiger partial charge on any atom is 0.312 e. The zero-order chi connectivity index (χ0) is 18.5. The minimum Gasteiger partial charge on any atom is -0.493 e. The number of aliphatic carboxylic acids is 1. The summed E-state index contributed by atoms with van der Waals surface area (Å²) in [5.74, 6) is -0.748. The van der Waals surface area contributed by atoms with Gasteiger partial charge in [0.05, 0.1) is 12.5 Å². The Hall–Kier alpha value is -2.82. The van der Waals surface area contributed by atoms with Crippen LogP contribution in [0.15, 0.2) is 48.5 Å². The molecule has 1 aliphatic heterocycles. The number of hydrogen-bond acceptors (Lipinski definition) is 3. The molecule has 2 aromatic carbocycles. The summed E-state index contributed by atoms with van der Waals surface area (Å²) in [5.41, 5.74) is 2.79. The molecule has 1 N–H and O–H groups in total. The summed E-state index contributed by atoms with van der Waals surface area (Å²) in [6, 6.07) is 15.2. The predicted octanol–water partition coefficient (Wildman–Crippen LogP) is 3.36. The molecule has 136 valence electrons. The normalized spacial score (nSPS) is 16.0. The van der Waals surface area contributed by atoms with E-state index in [1.54, 1.807) is 4.90 Å². The zero-order valence-corrected chi connectivity index (χ0v) is 14.9. The summed E-state index contributed by atoms with van der Waals surface area (Å²) in [6.07, 6.45) is 0.948. The van der Waals surface area contributed by atoms with Gasteiger partial charge in [0.1, 0.15) is 5.75 Å². The van der Waals surface area contributed by atoms with Gasteiger partial charge in [-0.3, -0.25) is 9.59 Å². The molecule has 0 bridgehead atoms. The fourth-order valence-electron chi connectivity index (χ4n) is 3.29. The van der Waals surface area contributed by atoms with Gasteiger partial charge in [0.25, 0.3) is 0 Å². The lowest BCUT2D eigenvalue weighted by Crippen LogP contribution is -2.40. The van der Waals surface area contributed by atoms with Gasteiger partial charge in [-0.15, -0.1) is 0 Å². The number of amides is 1. The number of ether oxygens (including phenoxy) is 1. The summed E-state index contributed by atoms with van der Waals surface area (Å²) < 4.78 is 5.73. The van der Waals surface area contributed by atoms with Gasteiger partial charge < -0.3 is 14.7 Å². The Labute approximate surface area is 153 Å². The summed E-state index contributed by atoms with van der Waals surface area (Å²) in [5, 5.41) is 9.49. The van der Waals surface area contributed by atoms with Crippen LogP contribution in [0.2, 0.25) is 0 Å². The Kier molecular flexibility index (Phi) is 5.56. The third-order valence-electron chi connectivity index (χ3n) is 4.73. The molecule has 1 amide bonds. The number of para-hydroxylation sites is 1. The van der Waals surface area contributed by atoms with Crippen LogP contribution in [0.25, 0.3) is 0 Å². The number of benzene rings is 2. The number of carboxylic acids is 1. The van der Waals surface area contributed by atoms with Gasteiger partial charge in [0.15, 0.2) is 0 Å². The number of rotatable bonds is 6. The SMILES string of the molecule is Cc1ccccc1OCCCC(=O)N1Cc2ccccc2C(C(=O)O)C1. The summed E-state index contributed by atoms with van der Waals surface area (Å²) >= 11 is 0. The topological polar surface area (TPSA) is 66.8 Å². The Balaban J connectivity index is 1.55. The third kappa shape index (κ3) is 4.04. The molecule has 0 radical (unpaired) electrons. The van der Waals surface area contributed by atoms with Crippen molar-refractivity contribution in [2.24, 2.45) is 0 Å². The van der Waals surface area contributed by atoms with Crippen LogP contribution in [-0.2, 0) is 16.1 Å². The van der Waals surface area contributed by atoms with E-state index in [9.17, 15) is 14.7 Å². The average Bonchev–Trinajstić information content (AvgIpc) is 2.65. The van der Waals surface area contributed by atoms with Crippen molar-refractivity contribution in [3.05, 3.63) is 65.2 Å². The standard InChI is InChI=1S/C21H23NO4/c1-15-7-2-5-10-19(15)26-12-6-11-20(23)22-13-16-8-3-4-9-17(16)18(14-22)21(24)25/h2-5,7-10,18H,6,11-14H2,1H3,(H,24,25). The zero-order valence-electron chi connectivity index (χ0n) is 14.9. The largest absolute Gasteiger partial charge is 0.493 e. The maximum absolute atomic E-state index is 12.5. The highest BCUT2D eigenvalue weighted by Crippen LogP contribution is 2.29. The Morgan fingerprint density at radius 2 is 1.88 bits per heavy atom. The van der Waals surface area contributed by atoms with E-state index in [0.717, 1.165) is 22.4 Å². The molecule has 1 atom stereocenters. The van der Waals surface area contributed by atoms with E-state index in [1.807, 2.05) is 55.5 Å². The number of fused-ring (bicyclic) bond motifs is 1. The molecule has 5 nitrogen and oxygen atoms in total. The van der Waals surface area contributed by atoms with E-state index in [0.29, 0.717) is 26.0 Å². The fourth-order valence-corrected chi connectivity index (χ4v) is 3.29. The van der Waals surface area contributed by atoms with Crippen molar-refractivity contribution >= 4 is 11.9 Å². The summed E-state index contributed by atoms with van der Waals surface area (Å²) in [4.78, 5) is 25.8.